The van der Waals surface area contributed by atoms with Gasteiger partial charge in [0.15, 0.2) is 0 Å². The summed E-state index contributed by atoms with van der Waals surface area (Å²) in [6.07, 6.45) is -4.11. The second-order valence-electron chi connectivity index (χ2n) is 6.54. The molecule has 0 amide bonds. The number of carbonyl (C=O) groups is 1. The van der Waals surface area contributed by atoms with Crippen LogP contribution in [0.2, 0.25) is 0 Å². The van der Waals surface area contributed by atoms with E-state index in [0.29, 0.717) is 12.4 Å². The maximum atomic E-state index is 10.6. The minimum absolute atomic E-state index is 0.394. The van der Waals surface area contributed by atoms with Gasteiger partial charge in [0, 0.05) is 33.6 Å². The van der Waals surface area contributed by atoms with Crippen LogP contribution >= 0.6 is 11.3 Å². The van der Waals surface area contributed by atoms with E-state index < -0.39 is 18.2 Å². The van der Waals surface area contributed by atoms with Gasteiger partial charge in [0.2, 0.25) is 0 Å². The molecule has 0 aliphatic rings. The highest BCUT2D eigenvalue weighted by Crippen LogP contribution is 2.33. The largest absolute Gasteiger partial charge is 0.490 e. The van der Waals surface area contributed by atoms with Crippen molar-refractivity contribution in [3.63, 3.8) is 0 Å². The Morgan fingerprint density at radius 1 is 1.06 bits per heavy atom. The number of alkyl halides is 3. The zero-order valence-electron chi connectivity index (χ0n) is 16.5. The van der Waals surface area contributed by atoms with Crippen molar-refractivity contribution in [2.45, 2.75) is 12.3 Å². The molecule has 0 radical (unpaired) electrons. The number of rotatable bonds is 5. The van der Waals surface area contributed by atoms with Gasteiger partial charge in [-0.05, 0) is 11.6 Å². The van der Waals surface area contributed by atoms with Gasteiger partial charge in [0.25, 0.3) is 0 Å². The summed E-state index contributed by atoms with van der Waals surface area (Å²) in [6, 6.07) is 19.8. The fourth-order valence-electron chi connectivity index (χ4n) is 2.77. The highest BCUT2D eigenvalue weighted by Gasteiger charge is 2.38. The number of aliphatic carboxylic acids is 1. The van der Waals surface area contributed by atoms with Gasteiger partial charge in [0.1, 0.15) is 12.1 Å². The number of carboxylic acids is 1. The average molecular weight is 461 g/mol. The summed E-state index contributed by atoms with van der Waals surface area (Å²) in [6.45, 7) is 0.394. The number of aliphatic hydroxyl groups excluding tert-OH is 1. The SMILES string of the molecule is O=C(O)C(F)(F)F.O[C@@H](CNc1cc(-c2csc3ccccc23)ncn1)c1ccccc1. The number of fused-ring (bicyclic) bond motifs is 1. The predicted octanol–water partition coefficient (Wildman–Crippen LogP) is 5.14. The third-order valence-electron chi connectivity index (χ3n) is 4.33. The zero-order valence-corrected chi connectivity index (χ0v) is 17.3. The van der Waals surface area contributed by atoms with E-state index in [2.05, 4.69) is 32.8 Å². The van der Waals surface area contributed by atoms with Crippen LogP contribution in [-0.2, 0) is 4.79 Å². The molecule has 0 saturated heterocycles. The molecule has 10 heteroatoms. The van der Waals surface area contributed by atoms with E-state index in [1.807, 2.05) is 48.5 Å². The fourth-order valence-corrected chi connectivity index (χ4v) is 3.73. The summed E-state index contributed by atoms with van der Waals surface area (Å²) in [4.78, 5) is 17.6. The second-order valence-corrected chi connectivity index (χ2v) is 7.46. The highest BCUT2D eigenvalue weighted by atomic mass is 32.1. The monoisotopic (exact) mass is 461 g/mol. The molecule has 32 heavy (non-hydrogen) atoms. The summed E-state index contributed by atoms with van der Waals surface area (Å²) in [5.74, 6) is -2.05. The molecule has 2 aromatic heterocycles. The molecule has 0 saturated carbocycles. The molecule has 1 atom stereocenters. The van der Waals surface area contributed by atoms with Crippen LogP contribution in [0.5, 0.6) is 0 Å². The van der Waals surface area contributed by atoms with Gasteiger partial charge in [-0.3, -0.25) is 0 Å². The van der Waals surface area contributed by atoms with E-state index in [4.69, 9.17) is 9.90 Å². The Balaban J connectivity index is 0.000000360. The Kier molecular flexibility index (Phi) is 7.39. The van der Waals surface area contributed by atoms with Crippen LogP contribution in [0.1, 0.15) is 11.7 Å². The van der Waals surface area contributed by atoms with Gasteiger partial charge in [0.05, 0.1) is 11.8 Å². The number of carboxylic acid groups (broad SMARTS) is 1. The Morgan fingerprint density at radius 2 is 1.72 bits per heavy atom. The van der Waals surface area contributed by atoms with Crippen molar-refractivity contribution < 1.29 is 28.2 Å². The molecule has 0 bridgehead atoms. The van der Waals surface area contributed by atoms with Gasteiger partial charge in [-0.2, -0.15) is 13.2 Å². The van der Waals surface area contributed by atoms with Crippen molar-refractivity contribution in [1.29, 1.82) is 0 Å². The maximum Gasteiger partial charge on any atom is 0.490 e. The smallest absolute Gasteiger partial charge is 0.475 e. The Morgan fingerprint density at radius 3 is 2.41 bits per heavy atom. The third kappa shape index (κ3) is 6.02. The van der Waals surface area contributed by atoms with Crippen LogP contribution in [-0.4, -0.2) is 38.9 Å². The molecule has 3 N–H and O–H groups in total. The number of nitrogens with one attached hydrogen (secondary N) is 1. The molecule has 0 spiro atoms. The first-order valence-electron chi connectivity index (χ1n) is 9.31. The molecule has 0 aliphatic carbocycles. The molecular formula is C22H18F3N3O3S. The zero-order chi connectivity index (χ0) is 23.1. The lowest BCUT2D eigenvalue weighted by atomic mass is 10.1. The molecule has 0 fully saturated rings. The summed E-state index contributed by atoms with van der Waals surface area (Å²) in [5.41, 5.74) is 2.87. The van der Waals surface area contributed by atoms with Crippen molar-refractivity contribution in [1.82, 2.24) is 9.97 Å². The third-order valence-corrected chi connectivity index (χ3v) is 5.29. The first-order valence-corrected chi connectivity index (χ1v) is 10.2. The van der Waals surface area contributed by atoms with Gasteiger partial charge in [-0.25, -0.2) is 14.8 Å². The molecule has 2 heterocycles. The van der Waals surface area contributed by atoms with E-state index >= 15 is 0 Å². The summed E-state index contributed by atoms with van der Waals surface area (Å²) in [5, 5.41) is 23.9. The van der Waals surface area contributed by atoms with E-state index in [1.54, 1.807) is 17.7 Å². The van der Waals surface area contributed by atoms with Gasteiger partial charge in [-0.15, -0.1) is 11.3 Å². The van der Waals surface area contributed by atoms with Gasteiger partial charge >= 0.3 is 12.1 Å². The minimum Gasteiger partial charge on any atom is -0.475 e. The average Bonchev–Trinajstić information content (AvgIpc) is 3.22. The van der Waals surface area contributed by atoms with Crippen LogP contribution < -0.4 is 5.32 Å². The second kappa shape index (κ2) is 10.2. The number of halogens is 3. The van der Waals surface area contributed by atoms with Crippen molar-refractivity contribution in [3.8, 4) is 11.3 Å². The Labute approximate surface area is 185 Å². The number of anilines is 1. The lowest BCUT2D eigenvalue weighted by Gasteiger charge is -2.12. The number of aliphatic hydroxyl groups is 1. The van der Waals surface area contributed by atoms with E-state index in [-0.39, 0.29) is 0 Å². The summed E-state index contributed by atoms with van der Waals surface area (Å²) >= 11 is 1.71. The number of thiophene rings is 1. The summed E-state index contributed by atoms with van der Waals surface area (Å²) in [7, 11) is 0. The number of hydrogen-bond donors (Lipinski definition) is 3. The summed E-state index contributed by atoms with van der Waals surface area (Å²) < 4.78 is 33.0. The first-order chi connectivity index (χ1) is 15.3. The standard InChI is InChI=1S/C20H17N3OS.C2HF3O2/c24-18(14-6-2-1-3-7-14)11-21-20-10-17(22-13-23-20)16-12-25-19-9-5-4-8-15(16)19;3-2(4,5)1(6)7/h1-10,12-13,18,24H,11H2,(H,21,22,23);(H,6,7)/t18-;/m0./s1. The van der Waals surface area contributed by atoms with E-state index in [9.17, 15) is 18.3 Å². The van der Waals surface area contributed by atoms with Crippen LogP contribution in [0.3, 0.4) is 0 Å². The normalized spacial score (nSPS) is 12.0. The van der Waals surface area contributed by atoms with Crippen molar-refractivity contribution in [3.05, 3.63) is 77.9 Å². The van der Waals surface area contributed by atoms with E-state index in [0.717, 1.165) is 16.8 Å². The van der Waals surface area contributed by atoms with Gasteiger partial charge < -0.3 is 15.5 Å². The molecule has 2 aromatic carbocycles. The number of nitrogens with zero attached hydrogens (tertiary/aromatic N) is 2. The first kappa shape index (κ1) is 23.2. The minimum atomic E-state index is -5.08. The van der Waals surface area contributed by atoms with Gasteiger partial charge in [-0.1, -0.05) is 48.5 Å². The number of aromatic nitrogens is 2. The molecule has 6 nitrogen and oxygen atoms in total. The molecule has 0 unspecified atom stereocenters. The Hall–Kier alpha value is -3.50. The fraction of sp³-hybridized carbons (Fsp3) is 0.136. The molecule has 0 aliphatic heterocycles. The quantitative estimate of drug-likeness (QED) is 0.381. The van der Waals surface area contributed by atoms with E-state index in [1.165, 1.54) is 10.1 Å². The van der Waals surface area contributed by atoms with Crippen LogP contribution in [0.25, 0.3) is 21.3 Å². The molecule has 4 rings (SSSR count). The molecule has 4 aromatic rings. The predicted molar refractivity (Wildman–Crippen MR) is 116 cm³/mol. The van der Waals surface area contributed by atoms with Crippen molar-refractivity contribution >= 4 is 33.2 Å². The van der Waals surface area contributed by atoms with Crippen molar-refractivity contribution in [2.75, 3.05) is 11.9 Å². The molecule has 166 valence electrons. The van der Waals surface area contributed by atoms with Crippen LogP contribution in [0.4, 0.5) is 19.0 Å². The topological polar surface area (TPSA) is 95.3 Å². The highest BCUT2D eigenvalue weighted by molar-refractivity contribution is 7.17. The van der Waals surface area contributed by atoms with Crippen LogP contribution in [0, 0.1) is 0 Å². The molecular weight excluding hydrogens is 443 g/mol. The van der Waals surface area contributed by atoms with Crippen molar-refractivity contribution in [2.24, 2.45) is 0 Å². The lowest BCUT2D eigenvalue weighted by molar-refractivity contribution is -0.192. The lowest BCUT2D eigenvalue weighted by Crippen LogP contribution is -2.21. The Bertz CT molecular complexity index is 1180. The number of benzene rings is 2. The maximum absolute atomic E-state index is 10.6. The number of hydrogen-bond acceptors (Lipinski definition) is 6. The van der Waals surface area contributed by atoms with Crippen LogP contribution in [0.15, 0.2) is 72.4 Å².